The number of carboxylic acids is 1. The van der Waals surface area contributed by atoms with Gasteiger partial charge in [0.25, 0.3) is 0 Å². The Morgan fingerprint density at radius 3 is 2.97 bits per heavy atom. The van der Waals surface area contributed by atoms with Gasteiger partial charge in [0.2, 0.25) is 0 Å². The summed E-state index contributed by atoms with van der Waals surface area (Å²) in [5, 5.41) is 16.1. The summed E-state index contributed by atoms with van der Waals surface area (Å²) < 4.78 is 19.1. The van der Waals surface area contributed by atoms with Crippen LogP contribution in [0.25, 0.3) is 0 Å². The second-order valence-electron chi connectivity index (χ2n) is 8.61. The van der Waals surface area contributed by atoms with Crippen molar-refractivity contribution in [2.75, 3.05) is 38.6 Å². The van der Waals surface area contributed by atoms with Crippen molar-refractivity contribution < 1.29 is 19.0 Å². The number of rotatable bonds is 10. The smallest absolute Gasteiger partial charge is 0.305 e. The normalized spacial score (nSPS) is 17.2. The quantitative estimate of drug-likeness (QED) is 0.521. The summed E-state index contributed by atoms with van der Waals surface area (Å²) in [7, 11) is 1.41. The van der Waals surface area contributed by atoms with Crippen LogP contribution in [0.1, 0.15) is 42.1 Å². The number of halogens is 1. The summed E-state index contributed by atoms with van der Waals surface area (Å²) in [6, 6.07) is 8.70. The van der Waals surface area contributed by atoms with E-state index in [1.54, 1.807) is 12.1 Å². The molecule has 1 saturated heterocycles. The number of ether oxygens (including phenoxy) is 1. The van der Waals surface area contributed by atoms with Crippen LogP contribution in [-0.2, 0) is 17.6 Å². The lowest BCUT2D eigenvalue weighted by Crippen LogP contribution is -2.58. The maximum absolute atomic E-state index is 14.1. The van der Waals surface area contributed by atoms with Crippen LogP contribution in [0.5, 0.6) is 5.75 Å². The SMILES string of the molecule is COc1ccc([C@H](CC(=O)O)NC2CN(CCCc3ccc4c(n3)NCCC4)C2)cc1F. The standard InChI is InChI=1S/C24H31FN4O3/c1-32-22-9-7-17(12-20(22)25)21(13-23(30)31)27-19-14-29(15-19)11-3-5-18-8-6-16-4-2-10-26-24(16)28-18/h6-9,12,19,21,27H,2-5,10-11,13-15H2,1H3,(H,26,28)(H,30,31)/t21-/m0/s1. The fraction of sp³-hybridized carbons (Fsp3) is 0.500. The van der Waals surface area contributed by atoms with Gasteiger partial charge in [0.1, 0.15) is 5.82 Å². The highest BCUT2D eigenvalue weighted by molar-refractivity contribution is 5.68. The number of carboxylic acid groups (broad SMARTS) is 1. The molecule has 172 valence electrons. The molecule has 1 atom stereocenters. The van der Waals surface area contributed by atoms with E-state index in [0.717, 1.165) is 57.0 Å². The highest BCUT2D eigenvalue weighted by Crippen LogP contribution is 2.26. The number of hydrogen-bond acceptors (Lipinski definition) is 6. The van der Waals surface area contributed by atoms with E-state index in [1.165, 1.54) is 25.2 Å². The molecule has 0 amide bonds. The number of fused-ring (bicyclic) bond motifs is 1. The molecule has 1 aromatic heterocycles. The highest BCUT2D eigenvalue weighted by atomic mass is 19.1. The first-order valence-electron chi connectivity index (χ1n) is 11.3. The van der Waals surface area contributed by atoms with Crippen molar-refractivity contribution in [3.8, 4) is 5.75 Å². The number of aryl methyl sites for hydroxylation is 2. The molecule has 8 heteroatoms. The molecule has 4 rings (SSSR count). The lowest BCUT2D eigenvalue weighted by Gasteiger charge is -2.41. The second kappa shape index (κ2) is 10.3. The minimum Gasteiger partial charge on any atom is -0.494 e. The summed E-state index contributed by atoms with van der Waals surface area (Å²) in [6.07, 6.45) is 4.14. The second-order valence-corrected chi connectivity index (χ2v) is 8.61. The summed E-state index contributed by atoms with van der Waals surface area (Å²) in [5.41, 5.74) is 3.05. The monoisotopic (exact) mass is 442 g/mol. The number of likely N-dealkylation sites (tertiary alicyclic amines) is 1. The van der Waals surface area contributed by atoms with E-state index in [9.17, 15) is 14.3 Å². The third kappa shape index (κ3) is 5.55. The topological polar surface area (TPSA) is 86.7 Å². The van der Waals surface area contributed by atoms with Crippen LogP contribution >= 0.6 is 0 Å². The number of carbonyl (C=O) groups is 1. The molecule has 2 aliphatic heterocycles. The zero-order valence-corrected chi connectivity index (χ0v) is 18.4. The maximum Gasteiger partial charge on any atom is 0.305 e. The van der Waals surface area contributed by atoms with E-state index < -0.39 is 17.8 Å². The van der Waals surface area contributed by atoms with Crippen molar-refractivity contribution in [1.29, 1.82) is 0 Å². The molecule has 0 saturated carbocycles. The Hall–Kier alpha value is -2.71. The van der Waals surface area contributed by atoms with Crippen molar-refractivity contribution in [2.45, 2.75) is 44.2 Å². The highest BCUT2D eigenvalue weighted by Gasteiger charge is 2.29. The number of nitrogens with zero attached hydrogens (tertiary/aromatic N) is 2. The molecule has 3 N–H and O–H groups in total. The van der Waals surface area contributed by atoms with Gasteiger partial charge in [0, 0.05) is 37.4 Å². The van der Waals surface area contributed by atoms with Gasteiger partial charge in [-0.25, -0.2) is 9.37 Å². The lowest BCUT2D eigenvalue weighted by atomic mass is 9.99. The molecule has 0 radical (unpaired) electrons. The van der Waals surface area contributed by atoms with Crippen molar-refractivity contribution in [2.24, 2.45) is 0 Å². The Bertz CT molecular complexity index is 949. The van der Waals surface area contributed by atoms with Gasteiger partial charge in [-0.2, -0.15) is 0 Å². The molecule has 0 aliphatic carbocycles. The van der Waals surface area contributed by atoms with Crippen molar-refractivity contribution >= 4 is 11.8 Å². The van der Waals surface area contributed by atoms with Crippen LogP contribution in [0, 0.1) is 5.82 Å². The summed E-state index contributed by atoms with van der Waals surface area (Å²) in [6.45, 7) is 3.69. The number of aliphatic carboxylic acids is 1. The maximum atomic E-state index is 14.1. The average molecular weight is 443 g/mol. The van der Waals surface area contributed by atoms with Gasteiger partial charge < -0.3 is 25.4 Å². The van der Waals surface area contributed by atoms with Gasteiger partial charge in [-0.1, -0.05) is 12.1 Å². The van der Waals surface area contributed by atoms with Gasteiger partial charge in [-0.15, -0.1) is 0 Å². The molecule has 1 fully saturated rings. The third-order valence-corrected chi connectivity index (χ3v) is 6.21. The van der Waals surface area contributed by atoms with Gasteiger partial charge in [0.05, 0.1) is 13.5 Å². The van der Waals surface area contributed by atoms with E-state index in [1.807, 2.05) is 0 Å². The zero-order valence-electron chi connectivity index (χ0n) is 18.4. The van der Waals surface area contributed by atoms with E-state index in [0.29, 0.717) is 5.56 Å². The van der Waals surface area contributed by atoms with Gasteiger partial charge in [-0.3, -0.25) is 4.79 Å². The molecule has 1 aromatic carbocycles. The molecule has 0 spiro atoms. The Labute approximate surface area is 188 Å². The molecule has 0 unspecified atom stereocenters. The number of pyridine rings is 1. The van der Waals surface area contributed by atoms with Gasteiger partial charge in [0.15, 0.2) is 11.6 Å². The van der Waals surface area contributed by atoms with E-state index in [2.05, 4.69) is 27.7 Å². The molecule has 32 heavy (non-hydrogen) atoms. The number of methoxy groups -OCH3 is 1. The molecule has 3 heterocycles. The first kappa shape index (κ1) is 22.5. The molecule has 2 aromatic rings. The number of aromatic nitrogens is 1. The van der Waals surface area contributed by atoms with Crippen LogP contribution in [-0.4, -0.2) is 60.3 Å². The summed E-state index contributed by atoms with van der Waals surface area (Å²) >= 11 is 0. The average Bonchev–Trinajstić information content (AvgIpc) is 2.76. The van der Waals surface area contributed by atoms with Crippen molar-refractivity contribution in [3.63, 3.8) is 0 Å². The predicted molar refractivity (Wildman–Crippen MR) is 121 cm³/mol. The fourth-order valence-electron chi connectivity index (χ4n) is 4.48. The minimum atomic E-state index is -0.915. The molecule has 0 bridgehead atoms. The fourth-order valence-corrected chi connectivity index (χ4v) is 4.48. The zero-order chi connectivity index (χ0) is 22.5. The lowest BCUT2D eigenvalue weighted by molar-refractivity contribution is -0.137. The van der Waals surface area contributed by atoms with E-state index >= 15 is 0 Å². The Balaban J connectivity index is 1.24. The molecular formula is C24H31FN4O3. The van der Waals surface area contributed by atoms with Crippen LogP contribution in [0.3, 0.4) is 0 Å². The van der Waals surface area contributed by atoms with Gasteiger partial charge in [-0.05, 0) is 61.6 Å². The van der Waals surface area contributed by atoms with Crippen LogP contribution in [0.4, 0.5) is 10.2 Å². The molecule has 7 nitrogen and oxygen atoms in total. The van der Waals surface area contributed by atoms with E-state index in [4.69, 9.17) is 9.72 Å². The van der Waals surface area contributed by atoms with Gasteiger partial charge >= 0.3 is 5.97 Å². The predicted octanol–water partition coefficient (Wildman–Crippen LogP) is 3.01. The Kier molecular flexibility index (Phi) is 7.22. The summed E-state index contributed by atoms with van der Waals surface area (Å²) in [4.78, 5) is 18.4. The molecule has 2 aliphatic rings. The number of benzene rings is 1. The van der Waals surface area contributed by atoms with E-state index in [-0.39, 0.29) is 18.2 Å². The number of anilines is 1. The number of hydrogen-bond donors (Lipinski definition) is 3. The van der Waals surface area contributed by atoms with Crippen molar-refractivity contribution in [1.82, 2.24) is 15.2 Å². The minimum absolute atomic E-state index is 0.0969. The molecular weight excluding hydrogens is 411 g/mol. The van der Waals surface area contributed by atoms with Crippen LogP contribution < -0.4 is 15.4 Å². The Morgan fingerprint density at radius 2 is 2.22 bits per heavy atom. The van der Waals surface area contributed by atoms with Crippen LogP contribution in [0.15, 0.2) is 30.3 Å². The first-order valence-corrected chi connectivity index (χ1v) is 11.3. The summed E-state index contributed by atoms with van der Waals surface area (Å²) in [5.74, 6) is -0.200. The first-order chi connectivity index (χ1) is 15.5. The Morgan fingerprint density at radius 1 is 1.38 bits per heavy atom. The number of nitrogens with one attached hydrogen (secondary N) is 2. The third-order valence-electron chi connectivity index (χ3n) is 6.21. The van der Waals surface area contributed by atoms with Crippen LogP contribution in [0.2, 0.25) is 0 Å². The largest absolute Gasteiger partial charge is 0.494 e. The van der Waals surface area contributed by atoms with Crippen molar-refractivity contribution in [3.05, 3.63) is 53.0 Å².